The molecule has 0 spiro atoms. The third-order valence-corrected chi connectivity index (χ3v) is 9.32. The van der Waals surface area contributed by atoms with Gasteiger partial charge in [-0.2, -0.15) is 0 Å². The van der Waals surface area contributed by atoms with Gasteiger partial charge in [0.05, 0.1) is 10.2 Å². The molecule has 0 saturated carbocycles. The SMILES string of the molecule is CCN1CCc2c(sc(NC(=O)CC(c3ccccc3)c3ccccc3)c2-c2nc3ccccc3s2)C1.Cl. The summed E-state index contributed by atoms with van der Waals surface area (Å²) in [6.07, 6.45) is 1.37. The molecule has 3 aromatic carbocycles. The van der Waals surface area contributed by atoms with Gasteiger partial charge >= 0.3 is 0 Å². The number of nitrogens with one attached hydrogen (secondary N) is 1. The van der Waals surface area contributed by atoms with Crippen molar-refractivity contribution in [3.05, 3.63) is 106 Å². The summed E-state index contributed by atoms with van der Waals surface area (Å²) in [5.74, 6) is 0.0319. The van der Waals surface area contributed by atoms with Crippen molar-refractivity contribution in [3.8, 4) is 10.6 Å². The minimum Gasteiger partial charge on any atom is -0.317 e. The van der Waals surface area contributed by atoms with E-state index in [1.54, 1.807) is 22.7 Å². The highest BCUT2D eigenvalue weighted by Gasteiger charge is 2.28. The number of hydrogen-bond donors (Lipinski definition) is 1. The summed E-state index contributed by atoms with van der Waals surface area (Å²) in [5, 5.41) is 5.28. The largest absolute Gasteiger partial charge is 0.317 e. The van der Waals surface area contributed by atoms with Gasteiger partial charge in [0.25, 0.3) is 0 Å². The van der Waals surface area contributed by atoms with Crippen molar-refractivity contribution >= 4 is 56.2 Å². The Morgan fingerprint density at radius 3 is 2.26 bits per heavy atom. The van der Waals surface area contributed by atoms with Crippen molar-refractivity contribution in [1.29, 1.82) is 0 Å². The number of likely N-dealkylation sites (N-methyl/N-ethyl adjacent to an activating group) is 1. The minimum absolute atomic E-state index is 0. The van der Waals surface area contributed by atoms with Crippen LogP contribution in [0.4, 0.5) is 5.00 Å². The normalized spacial score (nSPS) is 13.3. The van der Waals surface area contributed by atoms with Gasteiger partial charge in [0.2, 0.25) is 5.91 Å². The van der Waals surface area contributed by atoms with Gasteiger partial charge in [-0.25, -0.2) is 4.98 Å². The second kappa shape index (κ2) is 11.8. The minimum atomic E-state index is -0.00142. The highest BCUT2D eigenvalue weighted by Crippen LogP contribution is 2.46. The van der Waals surface area contributed by atoms with Crippen molar-refractivity contribution < 1.29 is 4.79 Å². The van der Waals surface area contributed by atoms with Crippen molar-refractivity contribution in [2.24, 2.45) is 0 Å². The van der Waals surface area contributed by atoms with Crippen LogP contribution in [-0.2, 0) is 17.8 Å². The Balaban J connectivity index is 0.00000294. The smallest absolute Gasteiger partial charge is 0.225 e. The fourth-order valence-electron chi connectivity index (χ4n) is 5.18. The van der Waals surface area contributed by atoms with Gasteiger partial charge in [0.1, 0.15) is 10.0 Å². The molecule has 4 nitrogen and oxygen atoms in total. The van der Waals surface area contributed by atoms with Crippen molar-refractivity contribution in [2.75, 3.05) is 18.4 Å². The van der Waals surface area contributed by atoms with Crippen LogP contribution in [0.25, 0.3) is 20.8 Å². The zero-order chi connectivity index (χ0) is 25.2. The molecule has 1 aliphatic heterocycles. The Kier molecular flexibility index (Phi) is 8.24. The lowest BCUT2D eigenvalue weighted by Gasteiger charge is -2.25. The number of nitrogens with zero attached hydrogens (tertiary/aromatic N) is 2. The molecule has 6 rings (SSSR count). The van der Waals surface area contributed by atoms with E-state index in [-0.39, 0.29) is 24.2 Å². The van der Waals surface area contributed by atoms with Crippen LogP contribution in [0.2, 0.25) is 0 Å². The lowest BCUT2D eigenvalue weighted by molar-refractivity contribution is -0.116. The summed E-state index contributed by atoms with van der Waals surface area (Å²) in [5.41, 5.74) is 5.80. The van der Waals surface area contributed by atoms with E-state index in [0.717, 1.165) is 58.3 Å². The number of thiazole rings is 1. The number of anilines is 1. The molecule has 2 aromatic heterocycles. The van der Waals surface area contributed by atoms with Gasteiger partial charge in [-0.3, -0.25) is 9.69 Å². The number of carbonyl (C=O) groups excluding carboxylic acids is 1. The number of fused-ring (bicyclic) bond motifs is 2. The topological polar surface area (TPSA) is 45.2 Å². The first-order chi connectivity index (χ1) is 18.2. The second-order valence-electron chi connectivity index (χ2n) is 9.44. The third-order valence-electron chi connectivity index (χ3n) is 7.14. The predicted molar refractivity (Wildman–Crippen MR) is 163 cm³/mol. The van der Waals surface area contributed by atoms with E-state index in [2.05, 4.69) is 59.6 Å². The molecule has 7 heteroatoms. The summed E-state index contributed by atoms with van der Waals surface area (Å²) in [6, 6.07) is 28.9. The lowest BCUT2D eigenvalue weighted by Crippen LogP contribution is -2.29. The Morgan fingerprint density at radius 2 is 1.61 bits per heavy atom. The third kappa shape index (κ3) is 5.40. The second-order valence-corrected chi connectivity index (χ2v) is 11.6. The van der Waals surface area contributed by atoms with Gasteiger partial charge in [0.15, 0.2) is 0 Å². The first kappa shape index (κ1) is 26.6. The summed E-state index contributed by atoms with van der Waals surface area (Å²) in [7, 11) is 0. The number of hydrogen-bond acceptors (Lipinski definition) is 5. The lowest BCUT2D eigenvalue weighted by atomic mass is 9.88. The van der Waals surface area contributed by atoms with Gasteiger partial charge < -0.3 is 5.32 Å². The van der Waals surface area contributed by atoms with Crippen LogP contribution in [0.15, 0.2) is 84.9 Å². The molecule has 38 heavy (non-hydrogen) atoms. The van der Waals surface area contributed by atoms with Crippen LogP contribution >= 0.6 is 35.1 Å². The number of amides is 1. The summed E-state index contributed by atoms with van der Waals surface area (Å²) in [4.78, 5) is 22.4. The highest BCUT2D eigenvalue weighted by atomic mass is 35.5. The van der Waals surface area contributed by atoms with Gasteiger partial charge in [-0.15, -0.1) is 35.1 Å². The fourth-order valence-corrected chi connectivity index (χ4v) is 7.60. The summed E-state index contributed by atoms with van der Waals surface area (Å²) >= 11 is 3.44. The van der Waals surface area contributed by atoms with E-state index in [1.807, 2.05) is 42.5 Å². The van der Waals surface area contributed by atoms with Crippen molar-refractivity contribution in [2.45, 2.75) is 32.2 Å². The number of para-hydroxylation sites is 1. The molecule has 0 saturated heterocycles. The predicted octanol–water partition coefficient (Wildman–Crippen LogP) is 7.99. The van der Waals surface area contributed by atoms with Crippen molar-refractivity contribution in [3.63, 3.8) is 0 Å². The standard InChI is InChI=1S/C31H29N3OS2.ClH/c1-2-34-18-17-23-27(20-34)37-31(29(23)30-32-25-15-9-10-16-26(25)36-30)33-28(35)19-24(21-11-5-3-6-12-21)22-13-7-4-8-14-22;/h3-16,24H,2,17-20H2,1H3,(H,33,35);1H. The molecule has 1 N–H and O–H groups in total. The van der Waals surface area contributed by atoms with E-state index in [4.69, 9.17) is 4.98 Å². The molecule has 0 aliphatic carbocycles. The maximum Gasteiger partial charge on any atom is 0.225 e. The quantitative estimate of drug-likeness (QED) is 0.220. The van der Waals surface area contributed by atoms with Crippen LogP contribution < -0.4 is 5.32 Å². The number of benzene rings is 3. The summed E-state index contributed by atoms with van der Waals surface area (Å²) < 4.78 is 1.17. The maximum absolute atomic E-state index is 13.6. The van der Waals surface area contributed by atoms with Gasteiger partial charge in [0, 0.05) is 35.9 Å². The van der Waals surface area contributed by atoms with Crippen LogP contribution in [-0.4, -0.2) is 28.9 Å². The molecule has 0 bridgehead atoms. The molecule has 0 atom stereocenters. The average Bonchev–Trinajstić information content (AvgIpc) is 3.52. The van der Waals surface area contributed by atoms with Crippen LogP contribution in [0.3, 0.4) is 0 Å². The van der Waals surface area contributed by atoms with Crippen molar-refractivity contribution in [1.82, 2.24) is 9.88 Å². The number of carbonyl (C=O) groups is 1. The zero-order valence-corrected chi connectivity index (χ0v) is 23.7. The average molecular weight is 560 g/mol. The molecule has 194 valence electrons. The van der Waals surface area contributed by atoms with Gasteiger partial charge in [-0.1, -0.05) is 79.7 Å². The first-order valence-electron chi connectivity index (χ1n) is 12.8. The molecule has 0 unspecified atom stereocenters. The molecule has 5 aromatic rings. The molecular formula is C31H30ClN3OS2. The van der Waals surface area contributed by atoms with Crippen LogP contribution in [0, 0.1) is 0 Å². The van der Waals surface area contributed by atoms with Crippen LogP contribution in [0.5, 0.6) is 0 Å². The molecule has 0 radical (unpaired) electrons. The zero-order valence-electron chi connectivity index (χ0n) is 21.2. The Morgan fingerprint density at radius 1 is 0.947 bits per heavy atom. The fraction of sp³-hybridized carbons (Fsp3) is 0.226. The number of aromatic nitrogens is 1. The van der Waals surface area contributed by atoms with E-state index in [9.17, 15) is 4.79 Å². The summed E-state index contributed by atoms with van der Waals surface area (Å²) in [6.45, 7) is 5.21. The van der Waals surface area contributed by atoms with E-state index in [0.29, 0.717) is 6.42 Å². The first-order valence-corrected chi connectivity index (χ1v) is 14.5. The Hall–Kier alpha value is -3.03. The van der Waals surface area contributed by atoms with E-state index >= 15 is 0 Å². The number of thiophene rings is 1. The number of halogens is 1. The Bertz CT molecular complexity index is 1460. The molecule has 0 fully saturated rings. The molecule has 1 aliphatic rings. The Labute approximate surface area is 237 Å². The molecule has 1 amide bonds. The van der Waals surface area contributed by atoms with E-state index < -0.39 is 0 Å². The molecular weight excluding hydrogens is 530 g/mol. The monoisotopic (exact) mass is 559 g/mol. The molecule has 3 heterocycles. The highest BCUT2D eigenvalue weighted by molar-refractivity contribution is 7.22. The number of rotatable bonds is 7. The van der Waals surface area contributed by atoms with Crippen LogP contribution in [0.1, 0.15) is 40.8 Å². The maximum atomic E-state index is 13.6. The van der Waals surface area contributed by atoms with E-state index in [1.165, 1.54) is 15.1 Å². The van der Waals surface area contributed by atoms with Gasteiger partial charge in [-0.05, 0) is 41.8 Å².